The van der Waals surface area contributed by atoms with Crippen molar-refractivity contribution in [2.75, 3.05) is 12.3 Å². The SMILES string of the molecule is CCCC(C)COc1nc(CC)nc(N)c1C. The van der Waals surface area contributed by atoms with Gasteiger partial charge in [-0.15, -0.1) is 0 Å². The maximum absolute atomic E-state index is 5.83. The summed E-state index contributed by atoms with van der Waals surface area (Å²) in [5, 5.41) is 0. The summed E-state index contributed by atoms with van der Waals surface area (Å²) in [6.45, 7) is 8.96. The summed E-state index contributed by atoms with van der Waals surface area (Å²) in [5.41, 5.74) is 6.67. The molecule has 1 unspecified atom stereocenters. The van der Waals surface area contributed by atoms with Gasteiger partial charge >= 0.3 is 0 Å². The van der Waals surface area contributed by atoms with E-state index in [0.29, 0.717) is 24.2 Å². The average molecular weight is 237 g/mol. The lowest BCUT2D eigenvalue weighted by atomic mass is 10.1. The molecule has 0 aliphatic carbocycles. The van der Waals surface area contributed by atoms with Gasteiger partial charge in [0, 0.05) is 6.42 Å². The molecule has 0 spiro atoms. The highest BCUT2D eigenvalue weighted by molar-refractivity contribution is 5.44. The van der Waals surface area contributed by atoms with E-state index in [1.165, 1.54) is 12.8 Å². The van der Waals surface area contributed by atoms with Crippen LogP contribution in [0, 0.1) is 12.8 Å². The van der Waals surface area contributed by atoms with E-state index in [4.69, 9.17) is 10.5 Å². The normalized spacial score (nSPS) is 12.5. The lowest BCUT2D eigenvalue weighted by molar-refractivity contribution is 0.240. The third kappa shape index (κ3) is 3.88. The summed E-state index contributed by atoms with van der Waals surface area (Å²) in [7, 11) is 0. The van der Waals surface area contributed by atoms with Gasteiger partial charge in [0.15, 0.2) is 0 Å². The smallest absolute Gasteiger partial charge is 0.221 e. The molecule has 17 heavy (non-hydrogen) atoms. The van der Waals surface area contributed by atoms with Gasteiger partial charge in [-0.05, 0) is 19.3 Å². The minimum Gasteiger partial charge on any atom is -0.477 e. The Kier molecular flexibility index (Phi) is 5.19. The van der Waals surface area contributed by atoms with Crippen molar-refractivity contribution in [2.24, 2.45) is 5.92 Å². The molecular formula is C13H23N3O. The Morgan fingerprint density at radius 3 is 2.59 bits per heavy atom. The zero-order chi connectivity index (χ0) is 12.8. The Balaban J connectivity index is 2.72. The topological polar surface area (TPSA) is 61.0 Å². The molecule has 4 nitrogen and oxygen atoms in total. The van der Waals surface area contributed by atoms with Gasteiger partial charge in [0.05, 0.1) is 12.2 Å². The van der Waals surface area contributed by atoms with E-state index in [1.807, 2.05) is 13.8 Å². The first-order chi connectivity index (χ1) is 8.08. The van der Waals surface area contributed by atoms with Gasteiger partial charge in [0.2, 0.25) is 5.88 Å². The Hall–Kier alpha value is -1.32. The number of aromatic nitrogens is 2. The predicted molar refractivity (Wildman–Crippen MR) is 70.1 cm³/mol. The zero-order valence-electron chi connectivity index (χ0n) is 11.3. The van der Waals surface area contributed by atoms with Crippen molar-refractivity contribution in [3.63, 3.8) is 0 Å². The fourth-order valence-electron chi connectivity index (χ4n) is 1.65. The fraction of sp³-hybridized carbons (Fsp3) is 0.692. The van der Waals surface area contributed by atoms with Crippen LogP contribution in [0.15, 0.2) is 0 Å². The Labute approximate surface area is 104 Å². The maximum Gasteiger partial charge on any atom is 0.221 e. The average Bonchev–Trinajstić information content (AvgIpc) is 2.31. The maximum atomic E-state index is 5.83. The standard InChI is InChI=1S/C13H23N3O/c1-5-7-9(3)8-17-13-10(4)12(14)15-11(6-2)16-13/h9H,5-8H2,1-4H3,(H2,14,15,16). The number of rotatable bonds is 6. The number of nitrogens with two attached hydrogens (primary N) is 1. The Bertz CT molecular complexity index is 366. The number of nitrogens with zero attached hydrogens (tertiary/aromatic N) is 2. The number of hydrogen-bond donors (Lipinski definition) is 1. The molecule has 0 bridgehead atoms. The first-order valence-corrected chi connectivity index (χ1v) is 6.34. The first-order valence-electron chi connectivity index (χ1n) is 6.34. The number of aryl methyl sites for hydroxylation is 1. The van der Waals surface area contributed by atoms with Crippen LogP contribution in [0.2, 0.25) is 0 Å². The fourth-order valence-corrected chi connectivity index (χ4v) is 1.65. The Morgan fingerprint density at radius 2 is 2.00 bits per heavy atom. The van der Waals surface area contributed by atoms with Crippen molar-refractivity contribution < 1.29 is 4.74 Å². The van der Waals surface area contributed by atoms with Crippen molar-refractivity contribution >= 4 is 5.82 Å². The molecule has 0 fully saturated rings. The number of ether oxygens (including phenoxy) is 1. The minimum absolute atomic E-state index is 0.523. The van der Waals surface area contributed by atoms with Gasteiger partial charge in [-0.1, -0.05) is 27.2 Å². The van der Waals surface area contributed by atoms with Crippen LogP contribution in [0.5, 0.6) is 5.88 Å². The summed E-state index contributed by atoms with van der Waals surface area (Å²) in [6.07, 6.45) is 3.11. The second-order valence-electron chi connectivity index (χ2n) is 4.51. The van der Waals surface area contributed by atoms with Crippen LogP contribution in [0.4, 0.5) is 5.82 Å². The van der Waals surface area contributed by atoms with E-state index < -0.39 is 0 Å². The van der Waals surface area contributed by atoms with Crippen LogP contribution in [0.25, 0.3) is 0 Å². The van der Waals surface area contributed by atoms with E-state index in [2.05, 4.69) is 23.8 Å². The summed E-state index contributed by atoms with van der Waals surface area (Å²) in [5.74, 6) is 2.44. The van der Waals surface area contributed by atoms with Crippen molar-refractivity contribution in [2.45, 2.75) is 47.0 Å². The first kappa shape index (κ1) is 13.7. The van der Waals surface area contributed by atoms with E-state index in [1.54, 1.807) is 0 Å². The zero-order valence-corrected chi connectivity index (χ0v) is 11.3. The van der Waals surface area contributed by atoms with Gasteiger partial charge < -0.3 is 10.5 Å². The molecule has 0 amide bonds. The van der Waals surface area contributed by atoms with E-state index >= 15 is 0 Å². The third-order valence-corrected chi connectivity index (χ3v) is 2.79. The van der Waals surface area contributed by atoms with Gasteiger partial charge in [0.25, 0.3) is 0 Å². The molecule has 1 atom stereocenters. The molecular weight excluding hydrogens is 214 g/mol. The van der Waals surface area contributed by atoms with Crippen molar-refractivity contribution in [1.29, 1.82) is 0 Å². The number of nitrogen functional groups attached to an aromatic ring is 1. The van der Waals surface area contributed by atoms with E-state index in [9.17, 15) is 0 Å². The summed E-state index contributed by atoms with van der Waals surface area (Å²) in [4.78, 5) is 8.57. The van der Waals surface area contributed by atoms with Crippen LogP contribution in [-0.4, -0.2) is 16.6 Å². The van der Waals surface area contributed by atoms with Crippen LogP contribution in [0.1, 0.15) is 45.0 Å². The van der Waals surface area contributed by atoms with Crippen LogP contribution in [0.3, 0.4) is 0 Å². The molecule has 0 aliphatic heterocycles. The second kappa shape index (κ2) is 6.42. The minimum atomic E-state index is 0.523. The molecule has 1 rings (SSSR count). The van der Waals surface area contributed by atoms with Crippen LogP contribution < -0.4 is 10.5 Å². The predicted octanol–water partition coefficient (Wildman–Crippen LogP) is 2.74. The number of anilines is 1. The second-order valence-corrected chi connectivity index (χ2v) is 4.51. The summed E-state index contributed by atoms with van der Waals surface area (Å²) >= 11 is 0. The highest BCUT2D eigenvalue weighted by atomic mass is 16.5. The highest BCUT2D eigenvalue weighted by Crippen LogP contribution is 2.20. The van der Waals surface area contributed by atoms with E-state index in [0.717, 1.165) is 17.8 Å². The monoisotopic (exact) mass is 237 g/mol. The van der Waals surface area contributed by atoms with E-state index in [-0.39, 0.29) is 0 Å². The van der Waals surface area contributed by atoms with Gasteiger partial charge in [-0.2, -0.15) is 4.98 Å². The largest absolute Gasteiger partial charge is 0.477 e. The summed E-state index contributed by atoms with van der Waals surface area (Å²) < 4.78 is 5.74. The molecule has 1 aromatic rings. The quantitative estimate of drug-likeness (QED) is 0.826. The molecule has 0 aliphatic rings. The molecule has 0 saturated heterocycles. The summed E-state index contributed by atoms with van der Waals surface area (Å²) in [6, 6.07) is 0. The van der Waals surface area contributed by atoms with Crippen molar-refractivity contribution in [3.8, 4) is 5.88 Å². The molecule has 1 heterocycles. The molecule has 0 saturated carbocycles. The van der Waals surface area contributed by atoms with Gasteiger partial charge in [-0.3, -0.25) is 0 Å². The molecule has 0 aromatic carbocycles. The van der Waals surface area contributed by atoms with Crippen LogP contribution in [-0.2, 0) is 6.42 Å². The molecule has 0 radical (unpaired) electrons. The van der Waals surface area contributed by atoms with Crippen molar-refractivity contribution in [3.05, 3.63) is 11.4 Å². The molecule has 2 N–H and O–H groups in total. The van der Waals surface area contributed by atoms with Gasteiger partial charge in [-0.25, -0.2) is 4.98 Å². The van der Waals surface area contributed by atoms with Gasteiger partial charge in [0.1, 0.15) is 11.6 Å². The highest BCUT2D eigenvalue weighted by Gasteiger charge is 2.10. The lowest BCUT2D eigenvalue weighted by Gasteiger charge is -2.14. The van der Waals surface area contributed by atoms with Crippen molar-refractivity contribution in [1.82, 2.24) is 9.97 Å². The third-order valence-electron chi connectivity index (χ3n) is 2.79. The Morgan fingerprint density at radius 1 is 1.29 bits per heavy atom. The molecule has 1 aromatic heterocycles. The number of hydrogen-bond acceptors (Lipinski definition) is 4. The lowest BCUT2D eigenvalue weighted by Crippen LogP contribution is -2.12. The molecule has 96 valence electrons. The van der Waals surface area contributed by atoms with Crippen LogP contribution >= 0.6 is 0 Å². The molecule has 4 heteroatoms.